The lowest BCUT2D eigenvalue weighted by molar-refractivity contribution is -0.119. The van der Waals surface area contributed by atoms with Crippen LogP contribution in [0.3, 0.4) is 0 Å². The largest absolute Gasteiger partial charge is 0.507 e. The molecule has 0 heterocycles. The third-order valence-corrected chi connectivity index (χ3v) is 4.06. The zero-order valence-corrected chi connectivity index (χ0v) is 14.4. The average Bonchev–Trinajstić information content (AvgIpc) is 2.51. The predicted molar refractivity (Wildman–Crippen MR) is 90.9 cm³/mol. The molecule has 7 heteroatoms. The summed E-state index contributed by atoms with van der Waals surface area (Å²) in [5, 5.41) is 12.5. The molecule has 0 aliphatic rings. The number of hydrogen-bond donors (Lipinski definition) is 2. The molecule has 0 saturated carbocycles. The van der Waals surface area contributed by atoms with Gasteiger partial charge >= 0.3 is 5.97 Å². The first kappa shape index (κ1) is 17.3. The van der Waals surface area contributed by atoms with Crippen molar-refractivity contribution in [2.75, 3.05) is 11.9 Å². The molecule has 0 saturated heterocycles. The molecule has 0 aliphatic heterocycles. The maximum absolute atomic E-state index is 11.8. The molecule has 0 bridgehead atoms. The van der Waals surface area contributed by atoms with Crippen LogP contribution in [0.25, 0.3) is 0 Å². The molecule has 2 N–H and O–H groups in total. The van der Waals surface area contributed by atoms with E-state index in [9.17, 15) is 14.7 Å². The molecule has 2 rings (SSSR count). The van der Waals surface area contributed by atoms with E-state index < -0.39 is 18.5 Å². The lowest BCUT2D eigenvalue weighted by atomic mass is 10.2. The predicted octanol–water partition coefficient (Wildman–Crippen LogP) is 3.91. The molecule has 2 aromatic carbocycles. The van der Waals surface area contributed by atoms with E-state index in [1.54, 1.807) is 12.1 Å². The van der Waals surface area contributed by atoms with Crippen molar-refractivity contribution in [1.29, 1.82) is 0 Å². The number of hydrogen-bond acceptors (Lipinski definition) is 4. The van der Waals surface area contributed by atoms with Gasteiger partial charge in [0, 0.05) is 15.2 Å². The molecule has 0 unspecified atom stereocenters. The molecular formula is C16H13BrClNO4. The van der Waals surface area contributed by atoms with Crippen molar-refractivity contribution in [2.24, 2.45) is 0 Å². The fourth-order valence-corrected chi connectivity index (χ4v) is 2.30. The van der Waals surface area contributed by atoms with E-state index in [2.05, 4.69) is 21.2 Å². The summed E-state index contributed by atoms with van der Waals surface area (Å²) < 4.78 is 5.73. The van der Waals surface area contributed by atoms with Crippen molar-refractivity contribution >= 4 is 45.1 Å². The van der Waals surface area contributed by atoms with Crippen molar-refractivity contribution in [2.45, 2.75) is 6.92 Å². The van der Waals surface area contributed by atoms with E-state index in [1.807, 2.05) is 13.0 Å². The Hall–Kier alpha value is -2.05. The van der Waals surface area contributed by atoms with Crippen LogP contribution in [-0.4, -0.2) is 23.6 Å². The Balaban J connectivity index is 1.94. The van der Waals surface area contributed by atoms with E-state index in [-0.39, 0.29) is 16.3 Å². The number of carbonyl (C=O) groups is 2. The third-order valence-electron chi connectivity index (χ3n) is 2.97. The van der Waals surface area contributed by atoms with Crippen molar-refractivity contribution in [3.8, 4) is 5.75 Å². The number of nitrogens with one attached hydrogen (secondary N) is 1. The molecule has 0 aliphatic carbocycles. The highest BCUT2D eigenvalue weighted by molar-refractivity contribution is 9.10. The molecule has 23 heavy (non-hydrogen) atoms. The quantitative estimate of drug-likeness (QED) is 0.766. The van der Waals surface area contributed by atoms with Crippen LogP contribution in [0.1, 0.15) is 15.9 Å². The van der Waals surface area contributed by atoms with Gasteiger partial charge in [-0.1, -0.05) is 33.6 Å². The molecule has 1 amide bonds. The highest BCUT2D eigenvalue weighted by atomic mass is 79.9. The Morgan fingerprint density at radius 3 is 2.70 bits per heavy atom. The number of phenols is 1. The van der Waals surface area contributed by atoms with E-state index in [0.717, 1.165) is 10.0 Å². The number of halogens is 2. The monoisotopic (exact) mass is 397 g/mol. The second-order valence-corrected chi connectivity index (χ2v) is 6.04. The van der Waals surface area contributed by atoms with Gasteiger partial charge in [0.05, 0.1) is 0 Å². The molecule has 0 atom stereocenters. The zero-order chi connectivity index (χ0) is 17.0. The Bertz CT molecular complexity index is 764. The van der Waals surface area contributed by atoms with E-state index in [0.29, 0.717) is 5.69 Å². The summed E-state index contributed by atoms with van der Waals surface area (Å²) in [6, 6.07) is 9.32. The number of esters is 1. The summed E-state index contributed by atoms with van der Waals surface area (Å²) in [7, 11) is 0. The van der Waals surface area contributed by atoms with Gasteiger partial charge in [0.15, 0.2) is 6.61 Å². The van der Waals surface area contributed by atoms with Gasteiger partial charge in [-0.15, -0.1) is 0 Å². The van der Waals surface area contributed by atoms with Gasteiger partial charge in [0.2, 0.25) is 0 Å². The van der Waals surface area contributed by atoms with Gasteiger partial charge in [-0.2, -0.15) is 0 Å². The number of amides is 1. The topological polar surface area (TPSA) is 75.6 Å². The molecule has 120 valence electrons. The molecule has 0 aromatic heterocycles. The number of rotatable bonds is 4. The van der Waals surface area contributed by atoms with Gasteiger partial charge in [0.25, 0.3) is 5.91 Å². The Morgan fingerprint density at radius 1 is 1.26 bits per heavy atom. The van der Waals surface area contributed by atoms with Crippen LogP contribution in [0.4, 0.5) is 5.69 Å². The number of ether oxygens (including phenoxy) is 1. The van der Waals surface area contributed by atoms with Crippen LogP contribution in [0.15, 0.2) is 40.9 Å². The summed E-state index contributed by atoms with van der Waals surface area (Å²) in [5.74, 6) is -1.58. The molecule has 0 radical (unpaired) electrons. The first-order valence-corrected chi connectivity index (χ1v) is 7.75. The van der Waals surface area contributed by atoms with Crippen LogP contribution in [-0.2, 0) is 9.53 Å². The number of anilines is 1. The summed E-state index contributed by atoms with van der Waals surface area (Å²) in [4.78, 5) is 23.6. The van der Waals surface area contributed by atoms with Crippen LogP contribution < -0.4 is 5.32 Å². The van der Waals surface area contributed by atoms with Gasteiger partial charge < -0.3 is 15.2 Å². The Kier molecular flexibility index (Phi) is 5.63. The highest BCUT2D eigenvalue weighted by Crippen LogP contribution is 2.22. The summed E-state index contributed by atoms with van der Waals surface area (Å²) in [6.45, 7) is 1.45. The Labute approximate surface area is 146 Å². The first-order chi connectivity index (χ1) is 10.9. The van der Waals surface area contributed by atoms with Crippen molar-refractivity contribution in [1.82, 2.24) is 0 Å². The van der Waals surface area contributed by atoms with Crippen LogP contribution in [0.5, 0.6) is 5.75 Å². The number of aromatic hydroxyl groups is 1. The van der Waals surface area contributed by atoms with E-state index in [1.165, 1.54) is 18.2 Å². The van der Waals surface area contributed by atoms with Crippen LogP contribution in [0.2, 0.25) is 5.02 Å². The normalized spacial score (nSPS) is 10.2. The van der Waals surface area contributed by atoms with Gasteiger partial charge in [0.1, 0.15) is 11.3 Å². The van der Waals surface area contributed by atoms with Gasteiger partial charge in [-0.05, 0) is 42.8 Å². The molecule has 2 aromatic rings. The van der Waals surface area contributed by atoms with Crippen LogP contribution in [0, 0.1) is 6.92 Å². The fraction of sp³-hybridized carbons (Fsp3) is 0.125. The van der Waals surface area contributed by atoms with Crippen molar-refractivity contribution in [3.05, 3.63) is 57.0 Å². The maximum Gasteiger partial charge on any atom is 0.342 e. The SMILES string of the molecule is Cc1ccc(NC(=O)COC(=O)c2cc(Cl)ccc2O)cc1Br. The number of carbonyl (C=O) groups excluding carboxylic acids is 2. The minimum absolute atomic E-state index is 0.0941. The second kappa shape index (κ2) is 7.48. The third kappa shape index (κ3) is 4.71. The standard InChI is InChI=1S/C16H13BrClNO4/c1-9-2-4-11(7-13(9)17)19-15(21)8-23-16(22)12-6-10(18)3-5-14(12)20/h2-7,20H,8H2,1H3,(H,19,21). The summed E-state index contributed by atoms with van der Waals surface area (Å²) in [6.07, 6.45) is 0. The number of aryl methyl sites for hydroxylation is 1. The van der Waals surface area contributed by atoms with Crippen molar-refractivity contribution < 1.29 is 19.4 Å². The van der Waals surface area contributed by atoms with E-state index in [4.69, 9.17) is 16.3 Å². The molecule has 0 fully saturated rings. The number of phenolic OH excluding ortho intramolecular Hbond substituents is 1. The van der Waals surface area contributed by atoms with E-state index >= 15 is 0 Å². The molecule has 0 spiro atoms. The lowest BCUT2D eigenvalue weighted by Gasteiger charge is -2.08. The smallest absolute Gasteiger partial charge is 0.342 e. The van der Waals surface area contributed by atoms with Gasteiger partial charge in [-0.3, -0.25) is 4.79 Å². The fourth-order valence-electron chi connectivity index (χ4n) is 1.75. The lowest BCUT2D eigenvalue weighted by Crippen LogP contribution is -2.21. The Morgan fingerprint density at radius 2 is 2.00 bits per heavy atom. The minimum atomic E-state index is -0.828. The maximum atomic E-state index is 11.8. The summed E-state index contributed by atoms with van der Waals surface area (Å²) in [5.41, 5.74) is 1.52. The first-order valence-electron chi connectivity index (χ1n) is 6.58. The second-order valence-electron chi connectivity index (χ2n) is 4.75. The number of benzene rings is 2. The van der Waals surface area contributed by atoms with Crippen molar-refractivity contribution in [3.63, 3.8) is 0 Å². The molecule has 5 nitrogen and oxygen atoms in total. The summed E-state index contributed by atoms with van der Waals surface area (Å²) >= 11 is 9.12. The minimum Gasteiger partial charge on any atom is -0.507 e. The van der Waals surface area contributed by atoms with Gasteiger partial charge in [-0.25, -0.2) is 4.79 Å². The highest BCUT2D eigenvalue weighted by Gasteiger charge is 2.15. The molecular weight excluding hydrogens is 386 g/mol. The average molecular weight is 399 g/mol. The van der Waals surface area contributed by atoms with Crippen LogP contribution >= 0.6 is 27.5 Å². The zero-order valence-electron chi connectivity index (χ0n) is 12.1.